The molecule has 128 valence electrons. The first-order valence-corrected chi connectivity index (χ1v) is 9.03. The lowest BCUT2D eigenvalue weighted by Gasteiger charge is -2.38. The zero-order valence-corrected chi connectivity index (χ0v) is 14.5. The van der Waals surface area contributed by atoms with Gasteiger partial charge in [-0.25, -0.2) is 0 Å². The molecule has 1 saturated heterocycles. The Morgan fingerprint density at radius 2 is 1.77 bits per heavy atom. The molecule has 4 nitrogen and oxygen atoms in total. The van der Waals surface area contributed by atoms with E-state index in [-0.39, 0.29) is 12.4 Å². The van der Waals surface area contributed by atoms with Crippen LogP contribution in [0.3, 0.4) is 0 Å². The van der Waals surface area contributed by atoms with Crippen LogP contribution in [0.5, 0.6) is 0 Å². The minimum absolute atomic E-state index is 0. The topological polar surface area (TPSA) is 44.4 Å². The van der Waals surface area contributed by atoms with Crippen LogP contribution < -0.4 is 10.6 Å². The summed E-state index contributed by atoms with van der Waals surface area (Å²) in [5.41, 5.74) is 0. The third-order valence-electron chi connectivity index (χ3n) is 5.85. The molecule has 2 aliphatic carbocycles. The fraction of sp³-hybridized carbons (Fsp3) is 0.941. The Morgan fingerprint density at radius 3 is 2.55 bits per heavy atom. The highest BCUT2D eigenvalue weighted by Crippen LogP contribution is 2.42. The second-order valence-electron chi connectivity index (χ2n) is 7.20. The Hall–Kier alpha value is -0.320. The summed E-state index contributed by atoms with van der Waals surface area (Å²) in [5, 5.41) is 6.56. The molecule has 0 radical (unpaired) electrons. The van der Waals surface area contributed by atoms with Gasteiger partial charge in [-0.3, -0.25) is 9.69 Å². The Labute approximate surface area is 141 Å². The van der Waals surface area contributed by atoms with Gasteiger partial charge >= 0.3 is 0 Å². The maximum Gasteiger partial charge on any atom is 0.223 e. The molecule has 3 atom stereocenters. The second kappa shape index (κ2) is 9.09. The predicted molar refractivity (Wildman–Crippen MR) is 92.4 cm³/mol. The van der Waals surface area contributed by atoms with Crippen molar-refractivity contribution in [1.82, 2.24) is 15.5 Å². The molecule has 3 unspecified atom stereocenters. The Kier molecular flexibility index (Phi) is 7.45. The highest BCUT2D eigenvalue weighted by Gasteiger charge is 2.34. The summed E-state index contributed by atoms with van der Waals surface area (Å²) >= 11 is 0. The molecule has 3 rings (SSSR count). The monoisotopic (exact) mass is 329 g/mol. The SMILES string of the molecule is Cl.O=C(NCCN1CCNCC1)C1CCC2CCCCC2C1. The van der Waals surface area contributed by atoms with Gasteiger partial charge in [0.05, 0.1) is 0 Å². The highest BCUT2D eigenvalue weighted by atomic mass is 35.5. The van der Waals surface area contributed by atoms with Crippen LogP contribution in [-0.4, -0.2) is 50.1 Å². The van der Waals surface area contributed by atoms with Crippen LogP contribution in [0.2, 0.25) is 0 Å². The van der Waals surface area contributed by atoms with Crippen molar-refractivity contribution in [3.8, 4) is 0 Å². The van der Waals surface area contributed by atoms with E-state index in [4.69, 9.17) is 0 Å². The molecule has 0 aromatic carbocycles. The van der Waals surface area contributed by atoms with Crippen LogP contribution >= 0.6 is 12.4 Å². The third-order valence-corrected chi connectivity index (χ3v) is 5.85. The van der Waals surface area contributed by atoms with Gasteiger partial charge in [0.15, 0.2) is 0 Å². The summed E-state index contributed by atoms with van der Waals surface area (Å²) < 4.78 is 0. The average molecular weight is 330 g/mol. The van der Waals surface area contributed by atoms with Crippen molar-refractivity contribution in [2.75, 3.05) is 39.3 Å². The molecule has 3 fully saturated rings. The number of hydrogen-bond donors (Lipinski definition) is 2. The fourth-order valence-corrected chi connectivity index (χ4v) is 4.53. The molecule has 0 bridgehead atoms. The highest BCUT2D eigenvalue weighted by molar-refractivity contribution is 5.85. The van der Waals surface area contributed by atoms with Crippen molar-refractivity contribution in [1.29, 1.82) is 0 Å². The van der Waals surface area contributed by atoms with E-state index in [1.54, 1.807) is 0 Å². The number of halogens is 1. The number of piperazine rings is 1. The molecule has 1 aliphatic heterocycles. The summed E-state index contributed by atoms with van der Waals surface area (Å²) in [5.74, 6) is 2.40. The summed E-state index contributed by atoms with van der Waals surface area (Å²) in [4.78, 5) is 14.8. The Balaban J connectivity index is 0.00000176. The Bertz CT molecular complexity index is 347. The van der Waals surface area contributed by atoms with Gasteiger partial charge in [-0.15, -0.1) is 12.4 Å². The van der Waals surface area contributed by atoms with Crippen LogP contribution in [0.4, 0.5) is 0 Å². The molecule has 1 amide bonds. The molecule has 1 heterocycles. The normalized spacial score (nSPS) is 32.6. The number of rotatable bonds is 4. The van der Waals surface area contributed by atoms with E-state index in [2.05, 4.69) is 15.5 Å². The predicted octanol–water partition coefficient (Wildman–Crippen LogP) is 2.04. The maximum absolute atomic E-state index is 12.4. The van der Waals surface area contributed by atoms with Crippen molar-refractivity contribution in [3.05, 3.63) is 0 Å². The summed E-state index contributed by atoms with van der Waals surface area (Å²) in [7, 11) is 0. The van der Waals surface area contributed by atoms with Crippen LogP contribution in [-0.2, 0) is 4.79 Å². The zero-order chi connectivity index (χ0) is 14.5. The first-order valence-electron chi connectivity index (χ1n) is 9.03. The molecular weight excluding hydrogens is 298 g/mol. The van der Waals surface area contributed by atoms with Crippen molar-refractivity contribution >= 4 is 18.3 Å². The van der Waals surface area contributed by atoms with Gasteiger partial charge in [-0.05, 0) is 31.1 Å². The standard InChI is InChI=1S/C17H31N3O.ClH/c21-17(19-9-12-20-10-7-18-8-11-20)16-6-5-14-3-1-2-4-15(14)13-16;/h14-16,18H,1-13H2,(H,19,21);1H. The number of fused-ring (bicyclic) bond motifs is 1. The second-order valence-corrected chi connectivity index (χ2v) is 7.20. The molecule has 5 heteroatoms. The number of hydrogen-bond acceptors (Lipinski definition) is 3. The minimum atomic E-state index is 0. The first kappa shape index (κ1) is 18.0. The molecule has 2 N–H and O–H groups in total. The number of amides is 1. The summed E-state index contributed by atoms with van der Waals surface area (Å²) in [6.07, 6.45) is 9.17. The lowest BCUT2D eigenvalue weighted by atomic mass is 9.67. The minimum Gasteiger partial charge on any atom is -0.355 e. The summed E-state index contributed by atoms with van der Waals surface area (Å²) in [6, 6.07) is 0. The van der Waals surface area contributed by atoms with E-state index in [9.17, 15) is 4.79 Å². The molecule has 0 spiro atoms. The first-order chi connectivity index (χ1) is 10.3. The van der Waals surface area contributed by atoms with Gasteiger partial charge in [-0.1, -0.05) is 25.7 Å². The molecule has 22 heavy (non-hydrogen) atoms. The fourth-order valence-electron chi connectivity index (χ4n) is 4.53. The van der Waals surface area contributed by atoms with Gasteiger partial charge in [0.2, 0.25) is 5.91 Å². The van der Waals surface area contributed by atoms with Crippen LogP contribution in [0, 0.1) is 17.8 Å². The van der Waals surface area contributed by atoms with Crippen LogP contribution in [0.1, 0.15) is 44.9 Å². The third kappa shape index (κ3) is 4.84. The van der Waals surface area contributed by atoms with Gasteiger partial charge in [0, 0.05) is 45.2 Å². The zero-order valence-electron chi connectivity index (χ0n) is 13.7. The maximum atomic E-state index is 12.4. The van der Waals surface area contributed by atoms with E-state index >= 15 is 0 Å². The molecular formula is C17H32ClN3O. The van der Waals surface area contributed by atoms with Gasteiger partial charge in [0.1, 0.15) is 0 Å². The van der Waals surface area contributed by atoms with Gasteiger partial charge in [-0.2, -0.15) is 0 Å². The van der Waals surface area contributed by atoms with Crippen molar-refractivity contribution in [2.24, 2.45) is 17.8 Å². The quantitative estimate of drug-likeness (QED) is 0.829. The summed E-state index contributed by atoms with van der Waals surface area (Å²) in [6.45, 7) is 6.22. The van der Waals surface area contributed by atoms with E-state index in [1.807, 2.05) is 0 Å². The molecule has 3 aliphatic rings. The molecule has 2 saturated carbocycles. The molecule has 0 aromatic rings. The smallest absolute Gasteiger partial charge is 0.223 e. The van der Waals surface area contributed by atoms with E-state index in [0.29, 0.717) is 11.8 Å². The number of nitrogens with one attached hydrogen (secondary N) is 2. The van der Waals surface area contributed by atoms with E-state index in [1.165, 1.54) is 32.1 Å². The number of nitrogens with zero attached hydrogens (tertiary/aromatic N) is 1. The average Bonchev–Trinajstić information content (AvgIpc) is 2.55. The lowest BCUT2D eigenvalue weighted by Crippen LogP contribution is -2.47. The Morgan fingerprint density at radius 1 is 1.05 bits per heavy atom. The molecule has 0 aromatic heterocycles. The van der Waals surface area contributed by atoms with E-state index < -0.39 is 0 Å². The van der Waals surface area contributed by atoms with Gasteiger partial charge in [0.25, 0.3) is 0 Å². The largest absolute Gasteiger partial charge is 0.355 e. The van der Waals surface area contributed by atoms with E-state index in [0.717, 1.165) is 63.9 Å². The van der Waals surface area contributed by atoms with Crippen molar-refractivity contribution < 1.29 is 4.79 Å². The number of carbonyl (C=O) groups excluding carboxylic acids is 1. The number of carbonyl (C=O) groups is 1. The van der Waals surface area contributed by atoms with Crippen LogP contribution in [0.25, 0.3) is 0 Å². The lowest BCUT2D eigenvalue weighted by molar-refractivity contribution is -0.127. The van der Waals surface area contributed by atoms with Crippen LogP contribution in [0.15, 0.2) is 0 Å². The van der Waals surface area contributed by atoms with Crippen molar-refractivity contribution in [2.45, 2.75) is 44.9 Å². The van der Waals surface area contributed by atoms with Gasteiger partial charge < -0.3 is 10.6 Å². The van der Waals surface area contributed by atoms with Crippen molar-refractivity contribution in [3.63, 3.8) is 0 Å².